The van der Waals surface area contributed by atoms with Crippen LogP contribution in [0.2, 0.25) is 0 Å². The maximum atomic E-state index is 10.8. The van der Waals surface area contributed by atoms with Gasteiger partial charge in [-0.2, -0.15) is 0 Å². The molecule has 2 unspecified atom stereocenters. The zero-order valence-corrected chi connectivity index (χ0v) is 6.26. The molecule has 1 aliphatic rings. The van der Waals surface area contributed by atoms with Crippen LogP contribution in [0.3, 0.4) is 0 Å². The maximum Gasteiger partial charge on any atom is 0.148 e. The number of carbonyl (C=O) groups is 1. The monoisotopic (exact) mass is 142 g/mol. The predicted molar refractivity (Wildman–Crippen MR) is 39.7 cm³/mol. The molecule has 0 aliphatic carbocycles. The Morgan fingerprint density at radius 3 is 2.90 bits per heavy atom. The van der Waals surface area contributed by atoms with E-state index in [2.05, 4.69) is 5.32 Å². The van der Waals surface area contributed by atoms with E-state index in [-0.39, 0.29) is 17.9 Å². The molecule has 58 valence electrons. The summed E-state index contributed by atoms with van der Waals surface area (Å²) in [5.74, 6) is 0.0828. The molecule has 3 N–H and O–H groups in total. The Kier molecular flexibility index (Phi) is 2.40. The molecule has 0 amide bonds. The van der Waals surface area contributed by atoms with Crippen molar-refractivity contribution in [2.24, 2.45) is 5.73 Å². The van der Waals surface area contributed by atoms with Gasteiger partial charge < -0.3 is 11.1 Å². The predicted octanol–water partition coefficient (Wildman–Crippen LogP) is -0.345. The van der Waals surface area contributed by atoms with Crippen LogP contribution in [0.5, 0.6) is 0 Å². The number of ketones is 1. The lowest BCUT2D eigenvalue weighted by Gasteiger charge is -2.15. The molecule has 3 heteroatoms. The van der Waals surface area contributed by atoms with E-state index in [1.807, 2.05) is 0 Å². The molecule has 0 saturated carbocycles. The Hall–Kier alpha value is -0.410. The molecular weight excluding hydrogens is 128 g/mol. The van der Waals surface area contributed by atoms with Gasteiger partial charge in [0.1, 0.15) is 5.78 Å². The van der Waals surface area contributed by atoms with Crippen LogP contribution in [-0.4, -0.2) is 24.4 Å². The summed E-state index contributed by atoms with van der Waals surface area (Å²) in [6.45, 7) is 2.55. The van der Waals surface area contributed by atoms with Crippen LogP contribution >= 0.6 is 0 Å². The van der Waals surface area contributed by atoms with E-state index in [9.17, 15) is 4.79 Å². The fraction of sp³-hybridized carbons (Fsp3) is 0.857. The lowest BCUT2D eigenvalue weighted by molar-refractivity contribution is -0.118. The summed E-state index contributed by atoms with van der Waals surface area (Å²) in [6, 6.07) is -0.0556. The largest absolute Gasteiger partial charge is 0.320 e. The standard InChI is InChI=1S/C7H14N2O/c1-5(10)7(8)6-3-2-4-9-6/h6-7,9H,2-4,8H2,1H3. The first kappa shape index (κ1) is 7.69. The van der Waals surface area contributed by atoms with Crippen molar-refractivity contribution in [2.45, 2.75) is 31.8 Å². The van der Waals surface area contributed by atoms with E-state index < -0.39 is 0 Å². The second-order valence-corrected chi connectivity index (χ2v) is 2.84. The number of hydrogen-bond acceptors (Lipinski definition) is 3. The summed E-state index contributed by atoms with van der Waals surface area (Å²) in [6.07, 6.45) is 2.19. The Labute approximate surface area is 61.0 Å². The van der Waals surface area contributed by atoms with E-state index >= 15 is 0 Å². The van der Waals surface area contributed by atoms with E-state index in [0.717, 1.165) is 19.4 Å². The fourth-order valence-electron chi connectivity index (χ4n) is 1.30. The third kappa shape index (κ3) is 1.55. The van der Waals surface area contributed by atoms with Crippen molar-refractivity contribution in [1.29, 1.82) is 0 Å². The van der Waals surface area contributed by atoms with Gasteiger partial charge in [-0.25, -0.2) is 0 Å². The molecule has 0 aromatic rings. The molecule has 1 rings (SSSR count). The van der Waals surface area contributed by atoms with Crippen molar-refractivity contribution in [3.05, 3.63) is 0 Å². The van der Waals surface area contributed by atoms with Crippen LogP contribution < -0.4 is 11.1 Å². The molecule has 1 fully saturated rings. The highest BCUT2D eigenvalue weighted by Gasteiger charge is 2.23. The number of rotatable bonds is 2. The van der Waals surface area contributed by atoms with Gasteiger partial charge in [0.2, 0.25) is 0 Å². The molecule has 3 nitrogen and oxygen atoms in total. The van der Waals surface area contributed by atoms with Gasteiger partial charge in [0.15, 0.2) is 0 Å². The van der Waals surface area contributed by atoms with Crippen molar-refractivity contribution in [3.63, 3.8) is 0 Å². The van der Waals surface area contributed by atoms with Crippen LogP contribution in [0.25, 0.3) is 0 Å². The van der Waals surface area contributed by atoms with Crippen molar-refractivity contribution >= 4 is 5.78 Å². The van der Waals surface area contributed by atoms with Gasteiger partial charge in [0.05, 0.1) is 6.04 Å². The second kappa shape index (κ2) is 3.12. The third-order valence-electron chi connectivity index (χ3n) is 2.00. The first-order chi connectivity index (χ1) is 4.72. The molecule has 1 aliphatic heterocycles. The smallest absolute Gasteiger partial charge is 0.148 e. The second-order valence-electron chi connectivity index (χ2n) is 2.84. The van der Waals surface area contributed by atoms with E-state index in [4.69, 9.17) is 5.73 Å². The summed E-state index contributed by atoms with van der Waals surface area (Å²) in [5.41, 5.74) is 5.61. The molecule has 0 bridgehead atoms. The lowest BCUT2D eigenvalue weighted by Crippen LogP contribution is -2.45. The minimum absolute atomic E-state index is 0.0828. The van der Waals surface area contributed by atoms with Gasteiger partial charge >= 0.3 is 0 Å². The van der Waals surface area contributed by atoms with Gasteiger partial charge in [-0.15, -0.1) is 0 Å². The Balaban J connectivity index is 2.39. The maximum absolute atomic E-state index is 10.8. The zero-order valence-electron chi connectivity index (χ0n) is 6.26. The summed E-state index contributed by atoms with van der Waals surface area (Å²) >= 11 is 0. The number of Topliss-reactive ketones (excluding diaryl/α,β-unsaturated/α-hetero) is 1. The third-order valence-corrected chi connectivity index (χ3v) is 2.00. The molecule has 2 atom stereocenters. The highest BCUT2D eigenvalue weighted by molar-refractivity contribution is 5.82. The molecule has 1 heterocycles. The Morgan fingerprint density at radius 1 is 1.80 bits per heavy atom. The van der Waals surface area contributed by atoms with E-state index in [1.165, 1.54) is 0 Å². The number of hydrogen-bond donors (Lipinski definition) is 2. The number of carbonyl (C=O) groups excluding carboxylic acids is 1. The topological polar surface area (TPSA) is 55.1 Å². The van der Waals surface area contributed by atoms with Gasteiger partial charge in [-0.1, -0.05) is 0 Å². The zero-order chi connectivity index (χ0) is 7.56. The highest BCUT2D eigenvalue weighted by Crippen LogP contribution is 2.07. The molecular formula is C7H14N2O. The van der Waals surface area contributed by atoms with Gasteiger partial charge in [0.25, 0.3) is 0 Å². The van der Waals surface area contributed by atoms with Gasteiger partial charge in [-0.05, 0) is 26.3 Å². The molecule has 0 spiro atoms. The molecule has 1 saturated heterocycles. The number of nitrogens with one attached hydrogen (secondary N) is 1. The number of nitrogens with two attached hydrogens (primary N) is 1. The van der Waals surface area contributed by atoms with Crippen molar-refractivity contribution in [2.75, 3.05) is 6.54 Å². The van der Waals surface area contributed by atoms with Crippen LogP contribution in [0.4, 0.5) is 0 Å². The fourth-order valence-corrected chi connectivity index (χ4v) is 1.30. The minimum Gasteiger partial charge on any atom is -0.320 e. The van der Waals surface area contributed by atoms with Crippen molar-refractivity contribution in [3.8, 4) is 0 Å². The molecule has 0 aromatic carbocycles. The van der Waals surface area contributed by atoms with Crippen LogP contribution in [0.15, 0.2) is 0 Å². The van der Waals surface area contributed by atoms with E-state index in [0.29, 0.717) is 0 Å². The summed E-state index contributed by atoms with van der Waals surface area (Å²) in [5, 5.41) is 3.19. The highest BCUT2D eigenvalue weighted by atomic mass is 16.1. The average molecular weight is 142 g/mol. The van der Waals surface area contributed by atoms with Gasteiger partial charge in [-0.3, -0.25) is 4.79 Å². The average Bonchev–Trinajstić information content (AvgIpc) is 2.36. The lowest BCUT2D eigenvalue weighted by atomic mass is 10.0. The van der Waals surface area contributed by atoms with Crippen LogP contribution in [0.1, 0.15) is 19.8 Å². The SMILES string of the molecule is CC(=O)C(N)C1CCCN1. The van der Waals surface area contributed by atoms with Crippen molar-refractivity contribution in [1.82, 2.24) is 5.32 Å². The normalized spacial score (nSPS) is 28.4. The minimum atomic E-state index is -0.289. The van der Waals surface area contributed by atoms with Crippen molar-refractivity contribution < 1.29 is 4.79 Å². The molecule has 0 radical (unpaired) electrons. The van der Waals surface area contributed by atoms with E-state index in [1.54, 1.807) is 6.92 Å². The molecule has 10 heavy (non-hydrogen) atoms. The Bertz CT molecular complexity index is 130. The Morgan fingerprint density at radius 2 is 2.50 bits per heavy atom. The van der Waals surface area contributed by atoms with Crippen LogP contribution in [-0.2, 0) is 4.79 Å². The summed E-state index contributed by atoms with van der Waals surface area (Å²) in [7, 11) is 0. The quantitative estimate of drug-likeness (QED) is 0.554. The van der Waals surface area contributed by atoms with Crippen LogP contribution in [0, 0.1) is 0 Å². The summed E-state index contributed by atoms with van der Waals surface area (Å²) in [4.78, 5) is 10.8. The molecule has 0 aromatic heterocycles. The first-order valence-electron chi connectivity index (χ1n) is 3.71. The first-order valence-corrected chi connectivity index (χ1v) is 3.71. The summed E-state index contributed by atoms with van der Waals surface area (Å²) < 4.78 is 0. The van der Waals surface area contributed by atoms with Gasteiger partial charge in [0, 0.05) is 6.04 Å².